The maximum absolute atomic E-state index is 13.1. The van der Waals surface area contributed by atoms with Crippen LogP contribution in [0.3, 0.4) is 0 Å². The zero-order valence-electron chi connectivity index (χ0n) is 12.9. The van der Waals surface area contributed by atoms with Crippen molar-refractivity contribution in [3.05, 3.63) is 65.5 Å². The molecule has 0 aliphatic carbocycles. The molecule has 24 heavy (non-hydrogen) atoms. The van der Waals surface area contributed by atoms with Crippen molar-refractivity contribution in [2.75, 3.05) is 0 Å². The minimum Gasteiger partial charge on any atom is -0.272 e. The smallest absolute Gasteiger partial charge is 0.250 e. The van der Waals surface area contributed by atoms with E-state index in [1.807, 2.05) is 31.2 Å². The Morgan fingerprint density at radius 2 is 1.83 bits per heavy atom. The maximum Gasteiger partial charge on any atom is 0.250 e. The largest absolute Gasteiger partial charge is 0.272 e. The van der Waals surface area contributed by atoms with Gasteiger partial charge >= 0.3 is 0 Å². The minimum atomic E-state index is -0.312. The number of fused-ring (bicyclic) bond motifs is 1. The Morgan fingerprint density at radius 1 is 1.12 bits per heavy atom. The van der Waals surface area contributed by atoms with Crippen LogP contribution < -0.4 is 0 Å². The highest BCUT2D eigenvalue weighted by atomic mass is 32.2. The molecule has 1 aliphatic heterocycles. The van der Waals surface area contributed by atoms with Gasteiger partial charge in [0.1, 0.15) is 5.82 Å². The summed E-state index contributed by atoms with van der Waals surface area (Å²) in [5.74, 6) is 0.0539. The molecule has 0 radical (unpaired) electrons. The summed E-state index contributed by atoms with van der Waals surface area (Å²) in [6.45, 7) is 2.04. The number of nitrogens with zero attached hydrogens (tertiary/aromatic N) is 3. The molecule has 6 heteroatoms. The first-order valence-electron chi connectivity index (χ1n) is 7.59. The zero-order chi connectivity index (χ0) is 16.7. The van der Waals surface area contributed by atoms with Crippen molar-refractivity contribution in [3.8, 4) is 11.4 Å². The van der Waals surface area contributed by atoms with Crippen molar-refractivity contribution < 1.29 is 9.18 Å². The number of aromatic nitrogens is 3. The van der Waals surface area contributed by atoms with Crippen LogP contribution >= 0.6 is 11.8 Å². The van der Waals surface area contributed by atoms with Crippen LogP contribution in [0.1, 0.15) is 27.6 Å². The van der Waals surface area contributed by atoms with E-state index in [2.05, 4.69) is 10.1 Å². The molecule has 0 bridgehead atoms. The van der Waals surface area contributed by atoms with E-state index in [4.69, 9.17) is 0 Å². The number of thioether (sulfide) groups is 1. The lowest BCUT2D eigenvalue weighted by molar-refractivity contribution is 0.0868. The molecule has 0 N–H and O–H groups in total. The molecule has 0 unspecified atom stereocenters. The molecule has 0 amide bonds. The van der Waals surface area contributed by atoms with Crippen molar-refractivity contribution in [1.82, 2.24) is 14.8 Å². The first-order valence-corrected chi connectivity index (χ1v) is 8.47. The Bertz CT molecular complexity index is 903. The van der Waals surface area contributed by atoms with Gasteiger partial charge in [-0.25, -0.2) is 9.37 Å². The number of hydrogen-bond acceptors (Lipinski definition) is 4. The normalized spacial score (nSPS) is 16.9. The second kappa shape index (κ2) is 5.87. The van der Waals surface area contributed by atoms with Crippen LogP contribution in [0.4, 0.5) is 4.39 Å². The quantitative estimate of drug-likeness (QED) is 0.699. The molecule has 0 spiro atoms. The molecule has 0 saturated heterocycles. The van der Waals surface area contributed by atoms with Gasteiger partial charge in [0.25, 0.3) is 5.91 Å². The van der Waals surface area contributed by atoms with Gasteiger partial charge in [0.15, 0.2) is 11.0 Å². The number of benzene rings is 2. The number of halogens is 1. The van der Waals surface area contributed by atoms with Crippen LogP contribution in [0, 0.1) is 12.7 Å². The Kier molecular flexibility index (Phi) is 3.69. The van der Waals surface area contributed by atoms with Gasteiger partial charge in [0.2, 0.25) is 0 Å². The lowest BCUT2D eigenvalue weighted by atomic mass is 10.1. The summed E-state index contributed by atoms with van der Waals surface area (Å²) in [7, 11) is 0. The number of carbonyl (C=O) groups is 1. The fraction of sp³-hybridized carbons (Fsp3) is 0.167. The van der Waals surface area contributed by atoms with Crippen molar-refractivity contribution in [1.29, 1.82) is 0 Å². The summed E-state index contributed by atoms with van der Waals surface area (Å²) in [4.78, 5) is 16.9. The molecule has 2 aromatic carbocycles. The van der Waals surface area contributed by atoms with Gasteiger partial charge in [-0.05, 0) is 36.8 Å². The van der Waals surface area contributed by atoms with Crippen molar-refractivity contribution in [3.63, 3.8) is 0 Å². The number of rotatable bonds is 2. The van der Waals surface area contributed by atoms with E-state index < -0.39 is 0 Å². The van der Waals surface area contributed by atoms with E-state index in [0.29, 0.717) is 23.0 Å². The molecule has 1 aromatic heterocycles. The molecule has 0 saturated carbocycles. The number of aryl methyl sites for hydroxylation is 1. The first-order chi connectivity index (χ1) is 11.6. The first kappa shape index (κ1) is 15.1. The summed E-state index contributed by atoms with van der Waals surface area (Å²) in [6, 6.07) is 14.1. The number of carbonyl (C=O) groups excluding carboxylic acids is 1. The predicted molar refractivity (Wildman–Crippen MR) is 90.4 cm³/mol. The highest BCUT2D eigenvalue weighted by molar-refractivity contribution is 7.99. The highest BCUT2D eigenvalue weighted by Crippen LogP contribution is 2.41. The van der Waals surface area contributed by atoms with Crippen LogP contribution in [0.5, 0.6) is 0 Å². The van der Waals surface area contributed by atoms with E-state index >= 15 is 0 Å². The monoisotopic (exact) mass is 339 g/mol. The lowest BCUT2D eigenvalue weighted by Crippen LogP contribution is -2.20. The van der Waals surface area contributed by atoms with Gasteiger partial charge in [-0.15, -0.1) is 5.10 Å². The number of hydrogen-bond donors (Lipinski definition) is 0. The summed E-state index contributed by atoms with van der Waals surface area (Å²) < 4.78 is 14.4. The minimum absolute atomic E-state index is 0.0378. The fourth-order valence-corrected chi connectivity index (χ4v) is 3.79. The molecule has 1 aliphatic rings. The summed E-state index contributed by atoms with van der Waals surface area (Å²) in [5.41, 5.74) is 2.99. The zero-order valence-corrected chi connectivity index (χ0v) is 13.8. The van der Waals surface area contributed by atoms with Crippen LogP contribution in [0.2, 0.25) is 0 Å². The maximum atomic E-state index is 13.1. The standard InChI is InChI=1S/C18H14FN3OS/c1-11-2-4-12(5-3-11)15-10-16(23)22-18(24-15)20-17(21-22)13-6-8-14(19)9-7-13/h2-9,15H,10H2,1H3/t15-/m1/s1. The van der Waals surface area contributed by atoms with Crippen LogP contribution in [-0.4, -0.2) is 20.7 Å². The molecule has 2 heterocycles. The topological polar surface area (TPSA) is 47.8 Å². The van der Waals surface area contributed by atoms with Crippen molar-refractivity contribution >= 4 is 17.7 Å². The van der Waals surface area contributed by atoms with Crippen LogP contribution in [0.25, 0.3) is 11.4 Å². The van der Waals surface area contributed by atoms with Crippen LogP contribution in [-0.2, 0) is 0 Å². The van der Waals surface area contributed by atoms with E-state index in [-0.39, 0.29) is 17.0 Å². The lowest BCUT2D eigenvalue weighted by Gasteiger charge is -2.20. The fourth-order valence-electron chi connectivity index (χ4n) is 2.64. The third-order valence-corrected chi connectivity index (χ3v) is 5.17. The predicted octanol–water partition coefficient (Wildman–Crippen LogP) is 4.27. The molecule has 120 valence electrons. The van der Waals surface area contributed by atoms with Gasteiger partial charge < -0.3 is 0 Å². The molecule has 0 fully saturated rings. The second-order valence-corrected chi connectivity index (χ2v) is 6.92. The molecular weight excluding hydrogens is 325 g/mol. The summed E-state index contributed by atoms with van der Waals surface area (Å²) in [5, 5.41) is 4.90. The van der Waals surface area contributed by atoms with E-state index in [9.17, 15) is 9.18 Å². The third-order valence-electron chi connectivity index (χ3n) is 3.97. The second-order valence-electron chi connectivity index (χ2n) is 5.75. The van der Waals surface area contributed by atoms with E-state index in [1.54, 1.807) is 12.1 Å². The van der Waals surface area contributed by atoms with Gasteiger partial charge in [-0.1, -0.05) is 41.6 Å². The Balaban J connectivity index is 1.66. The van der Waals surface area contributed by atoms with Gasteiger partial charge in [0, 0.05) is 17.2 Å². The summed E-state index contributed by atoms with van der Waals surface area (Å²) >= 11 is 1.53. The van der Waals surface area contributed by atoms with Gasteiger partial charge in [-0.2, -0.15) is 4.68 Å². The Morgan fingerprint density at radius 3 is 2.54 bits per heavy atom. The molecule has 3 aromatic rings. The van der Waals surface area contributed by atoms with E-state index in [0.717, 1.165) is 5.56 Å². The summed E-state index contributed by atoms with van der Waals surface area (Å²) in [6.07, 6.45) is 0.382. The highest BCUT2D eigenvalue weighted by Gasteiger charge is 2.30. The van der Waals surface area contributed by atoms with Crippen LogP contribution in [0.15, 0.2) is 53.7 Å². The molecule has 1 atom stereocenters. The average Bonchev–Trinajstić information content (AvgIpc) is 3.01. The molecule has 4 rings (SSSR count). The third kappa shape index (κ3) is 2.73. The molecule has 4 nitrogen and oxygen atoms in total. The van der Waals surface area contributed by atoms with Gasteiger partial charge in [0.05, 0.1) is 0 Å². The SMILES string of the molecule is Cc1ccc([C@H]2CC(=O)n3nc(-c4ccc(F)cc4)nc3S2)cc1. The average molecular weight is 339 g/mol. The van der Waals surface area contributed by atoms with Crippen molar-refractivity contribution in [2.24, 2.45) is 0 Å². The van der Waals surface area contributed by atoms with E-state index in [1.165, 1.54) is 34.1 Å². The van der Waals surface area contributed by atoms with Crippen molar-refractivity contribution in [2.45, 2.75) is 23.8 Å². The van der Waals surface area contributed by atoms with Gasteiger partial charge in [-0.3, -0.25) is 4.79 Å². The Labute approximate surface area is 142 Å². The molecular formula is C18H14FN3OS. The Hall–Kier alpha value is -2.47.